The van der Waals surface area contributed by atoms with Gasteiger partial charge in [-0.25, -0.2) is 0 Å². The number of fused-ring (bicyclic) bond motifs is 1. The van der Waals surface area contributed by atoms with E-state index in [9.17, 15) is 0 Å². The van der Waals surface area contributed by atoms with Crippen LogP contribution in [-0.2, 0) is 0 Å². The van der Waals surface area contributed by atoms with Gasteiger partial charge in [0.1, 0.15) is 0 Å². The summed E-state index contributed by atoms with van der Waals surface area (Å²) in [6.07, 6.45) is 3.94. The first-order valence-electron chi connectivity index (χ1n) is 6.59. The van der Waals surface area contributed by atoms with Crippen LogP contribution in [0.4, 0.5) is 0 Å². The van der Waals surface area contributed by atoms with Crippen molar-refractivity contribution in [1.82, 2.24) is 9.55 Å². The zero-order chi connectivity index (χ0) is 13.5. The molecule has 0 atom stereocenters. The Kier molecular flexibility index (Phi) is 3.13. The van der Waals surface area contributed by atoms with Crippen molar-refractivity contribution in [3.63, 3.8) is 0 Å². The third kappa shape index (κ3) is 2.41. The summed E-state index contributed by atoms with van der Waals surface area (Å²) in [5, 5.41) is 1.18. The zero-order valence-corrected chi connectivity index (χ0v) is 14.4. The zero-order valence-electron chi connectivity index (χ0n) is 11.6. The fourth-order valence-corrected chi connectivity index (χ4v) is 5.63. The molecule has 0 unspecified atom stereocenters. The molecule has 3 aromatic rings. The van der Waals surface area contributed by atoms with Gasteiger partial charge >= 0.3 is 118 Å². The number of rotatable bonds is 2. The van der Waals surface area contributed by atoms with E-state index in [2.05, 4.69) is 67.0 Å². The summed E-state index contributed by atoms with van der Waals surface area (Å²) in [7, 11) is 0. The van der Waals surface area contributed by atoms with Gasteiger partial charge in [-0.2, -0.15) is 0 Å². The molecule has 96 valence electrons. The molecule has 0 fully saturated rings. The molecule has 0 spiro atoms. The van der Waals surface area contributed by atoms with Gasteiger partial charge in [0, 0.05) is 0 Å². The summed E-state index contributed by atoms with van der Waals surface area (Å²) < 4.78 is 3.71. The number of nitrogens with zero attached hydrogens (tertiary/aromatic N) is 2. The van der Waals surface area contributed by atoms with Crippen molar-refractivity contribution < 1.29 is 0 Å². The number of hydrogen-bond acceptors (Lipinski definition) is 1. The predicted molar refractivity (Wildman–Crippen MR) is 84.1 cm³/mol. The molecule has 2 aromatic heterocycles. The first-order valence-corrected chi connectivity index (χ1v) is 16.6. The Bertz CT molecular complexity index is 705. The van der Waals surface area contributed by atoms with Crippen molar-refractivity contribution in [2.75, 3.05) is 0 Å². The van der Waals surface area contributed by atoms with E-state index in [4.69, 9.17) is 0 Å². The number of hydrogen-bond donors (Lipinski definition) is 0. The second-order valence-electron chi connectivity index (χ2n) is 5.90. The van der Waals surface area contributed by atoms with Crippen molar-refractivity contribution in [3.05, 3.63) is 54.9 Å². The molecule has 0 bridgehead atoms. The fourth-order valence-electron chi connectivity index (χ4n) is 2.30. The van der Waals surface area contributed by atoms with Crippen LogP contribution in [0.5, 0.6) is 0 Å². The number of pyridine rings is 1. The maximum absolute atomic E-state index is 4.46. The van der Waals surface area contributed by atoms with Crippen LogP contribution < -0.4 is 3.58 Å². The summed E-state index contributed by atoms with van der Waals surface area (Å²) in [6, 6.07) is 15.2. The molecule has 2 heterocycles. The Morgan fingerprint density at radius 1 is 0.947 bits per heavy atom. The van der Waals surface area contributed by atoms with E-state index in [1.807, 2.05) is 12.3 Å². The third-order valence-electron chi connectivity index (χ3n) is 3.46. The average molecular weight is 357 g/mol. The Hall–Kier alpha value is -1.29. The molecule has 0 saturated carbocycles. The summed E-state index contributed by atoms with van der Waals surface area (Å²) in [5.41, 5.74) is 2.21. The van der Waals surface area contributed by atoms with Gasteiger partial charge in [-0.3, -0.25) is 0 Å². The van der Waals surface area contributed by atoms with E-state index < -0.39 is 18.4 Å². The normalized spacial score (nSPS) is 11.9. The second kappa shape index (κ2) is 4.67. The molecule has 19 heavy (non-hydrogen) atoms. The quantitative estimate of drug-likeness (QED) is 0.642. The van der Waals surface area contributed by atoms with Crippen molar-refractivity contribution in [2.45, 2.75) is 14.8 Å². The van der Waals surface area contributed by atoms with Crippen molar-refractivity contribution in [2.24, 2.45) is 0 Å². The van der Waals surface area contributed by atoms with E-state index in [-0.39, 0.29) is 0 Å². The Morgan fingerprint density at radius 3 is 2.37 bits per heavy atom. The second-order valence-corrected chi connectivity index (χ2v) is 20.4. The molecule has 0 N–H and O–H groups in total. The van der Waals surface area contributed by atoms with Crippen molar-refractivity contribution in [1.29, 1.82) is 0 Å². The summed E-state index contributed by atoms with van der Waals surface area (Å²) >= 11 is -1.94. The molecule has 0 aliphatic rings. The Morgan fingerprint density at radius 2 is 1.68 bits per heavy atom. The van der Waals surface area contributed by atoms with E-state index in [1.54, 1.807) is 3.58 Å². The molecular formula is C16H18N2Sn. The summed E-state index contributed by atoms with van der Waals surface area (Å²) in [6.45, 7) is 0. The summed E-state index contributed by atoms with van der Waals surface area (Å²) in [5.74, 6) is 0. The SMILES string of the molecule is [CH3][Sn]([CH3])([CH3])[c]1ccc(-n2ccc3cccnc32)cc1. The molecule has 0 saturated heterocycles. The summed E-state index contributed by atoms with van der Waals surface area (Å²) in [4.78, 5) is 11.8. The van der Waals surface area contributed by atoms with Gasteiger partial charge in [0.15, 0.2) is 0 Å². The molecule has 0 aliphatic heterocycles. The minimum absolute atomic E-state index is 1.02. The maximum atomic E-state index is 4.46. The van der Waals surface area contributed by atoms with Crippen LogP contribution in [0, 0.1) is 0 Å². The van der Waals surface area contributed by atoms with Crippen molar-refractivity contribution >= 4 is 33.0 Å². The van der Waals surface area contributed by atoms with Gasteiger partial charge in [0.05, 0.1) is 0 Å². The molecule has 0 radical (unpaired) electrons. The molecule has 3 heteroatoms. The fraction of sp³-hybridized carbons (Fsp3) is 0.188. The van der Waals surface area contributed by atoms with Gasteiger partial charge < -0.3 is 0 Å². The van der Waals surface area contributed by atoms with E-state index >= 15 is 0 Å². The van der Waals surface area contributed by atoms with Gasteiger partial charge in [0.2, 0.25) is 0 Å². The van der Waals surface area contributed by atoms with Crippen LogP contribution in [-0.4, -0.2) is 27.9 Å². The standard InChI is InChI=1S/C13H9N2.3CH3.Sn/c1-2-6-12(7-3-1)15-10-8-11-5-4-9-14-13(11)15;;;;/h2-10H;3*1H3;. The first kappa shape index (κ1) is 12.7. The molecule has 3 rings (SSSR count). The van der Waals surface area contributed by atoms with E-state index in [1.165, 1.54) is 11.1 Å². The Balaban J connectivity index is 2.07. The van der Waals surface area contributed by atoms with E-state index in [0.29, 0.717) is 0 Å². The van der Waals surface area contributed by atoms with E-state index in [0.717, 1.165) is 5.65 Å². The van der Waals surface area contributed by atoms with Gasteiger partial charge in [-0.1, -0.05) is 0 Å². The molecular weight excluding hydrogens is 339 g/mol. The van der Waals surface area contributed by atoms with Crippen LogP contribution in [0.2, 0.25) is 14.8 Å². The molecule has 1 aromatic carbocycles. The third-order valence-corrected chi connectivity index (χ3v) is 9.35. The molecule has 2 nitrogen and oxygen atoms in total. The topological polar surface area (TPSA) is 17.8 Å². The van der Waals surface area contributed by atoms with Crippen LogP contribution in [0.25, 0.3) is 16.7 Å². The van der Waals surface area contributed by atoms with Crippen LogP contribution in [0.3, 0.4) is 0 Å². The van der Waals surface area contributed by atoms with Crippen LogP contribution >= 0.6 is 0 Å². The first-order chi connectivity index (χ1) is 9.05. The molecule has 0 amide bonds. The number of aromatic nitrogens is 2. The predicted octanol–water partition coefficient (Wildman–Crippen LogP) is 3.57. The van der Waals surface area contributed by atoms with Crippen LogP contribution in [0.1, 0.15) is 0 Å². The average Bonchev–Trinajstić information content (AvgIpc) is 2.82. The van der Waals surface area contributed by atoms with Crippen molar-refractivity contribution in [3.8, 4) is 5.69 Å². The van der Waals surface area contributed by atoms with Gasteiger partial charge in [-0.15, -0.1) is 0 Å². The monoisotopic (exact) mass is 358 g/mol. The molecule has 0 aliphatic carbocycles. The van der Waals surface area contributed by atoms with Gasteiger partial charge in [-0.05, 0) is 0 Å². The Labute approximate surface area is 118 Å². The van der Waals surface area contributed by atoms with Crippen LogP contribution in [0.15, 0.2) is 54.9 Å². The van der Waals surface area contributed by atoms with Gasteiger partial charge in [0.25, 0.3) is 0 Å². The number of benzene rings is 1. The minimum atomic E-state index is -1.94.